The van der Waals surface area contributed by atoms with Gasteiger partial charge in [-0.25, -0.2) is 0 Å². The molecule has 4 aromatic rings. The minimum atomic E-state index is -0.0831. The number of nitrogens with one attached hydrogen (secondary N) is 1. The number of hydrogen-bond acceptors (Lipinski definition) is 8. The van der Waals surface area contributed by atoms with Gasteiger partial charge in [-0.05, 0) is 67.3 Å². The lowest BCUT2D eigenvalue weighted by molar-refractivity contribution is -0.000568. The number of ether oxygens (including phenoxy) is 3. The van der Waals surface area contributed by atoms with Gasteiger partial charge < -0.3 is 28.8 Å². The van der Waals surface area contributed by atoms with Gasteiger partial charge in [-0.15, -0.1) is 0 Å². The molecule has 220 valence electrons. The molecule has 43 heavy (non-hydrogen) atoms. The van der Waals surface area contributed by atoms with Crippen LogP contribution in [0.2, 0.25) is 0 Å². The number of aromatic nitrogens is 1. The standard InChI is InChI=1S/C34H34N4O5/c1-38-18-23-14-24(19-38)32(23)37-34(39)21-3-5-27(30(15-21)40-2)31-16-28-33(43-31)26(7-10-36-28)20-4-6-29(22(13-20)17-35)42-25-8-11-41-12-9-25/h3-7,10,13,15-16,23-25,32H,8-9,11-12,14,18-19H2,1-2H3,(H,37,39)/t23-,24+,32?. The molecule has 4 heterocycles. The summed E-state index contributed by atoms with van der Waals surface area (Å²) in [6.45, 7) is 3.39. The molecule has 2 aromatic heterocycles. The minimum absolute atomic E-state index is 0.0410. The topological polar surface area (TPSA) is 110 Å². The van der Waals surface area contributed by atoms with E-state index in [1.807, 2.05) is 42.5 Å². The molecule has 1 aliphatic carbocycles. The summed E-state index contributed by atoms with van der Waals surface area (Å²) < 4.78 is 23.7. The first-order valence-corrected chi connectivity index (χ1v) is 14.9. The van der Waals surface area contributed by atoms with E-state index in [0.717, 1.165) is 42.6 Å². The first-order valence-electron chi connectivity index (χ1n) is 14.9. The molecular weight excluding hydrogens is 544 g/mol. The Morgan fingerprint density at radius 3 is 2.63 bits per heavy atom. The number of likely N-dealkylation sites (tertiary alicyclic amines) is 1. The lowest BCUT2D eigenvalue weighted by Crippen LogP contribution is -2.63. The lowest BCUT2D eigenvalue weighted by Gasteiger charge is -2.52. The maximum Gasteiger partial charge on any atom is 0.251 e. The molecule has 3 aliphatic rings. The smallest absolute Gasteiger partial charge is 0.251 e. The number of nitrogens with zero attached hydrogens (tertiary/aromatic N) is 3. The van der Waals surface area contributed by atoms with E-state index in [1.54, 1.807) is 19.4 Å². The first kappa shape index (κ1) is 27.4. The van der Waals surface area contributed by atoms with Crippen molar-refractivity contribution in [3.63, 3.8) is 0 Å². The Morgan fingerprint density at radius 2 is 1.86 bits per heavy atom. The highest BCUT2D eigenvalue weighted by Gasteiger charge is 2.46. The number of pyridine rings is 1. The predicted molar refractivity (Wildman–Crippen MR) is 161 cm³/mol. The third-order valence-corrected chi connectivity index (χ3v) is 9.03. The molecule has 7 rings (SSSR count). The number of benzene rings is 2. The van der Waals surface area contributed by atoms with E-state index in [2.05, 4.69) is 28.3 Å². The summed E-state index contributed by atoms with van der Waals surface area (Å²) in [4.78, 5) is 20.0. The number of rotatable bonds is 7. The number of amides is 1. The van der Waals surface area contributed by atoms with E-state index in [4.69, 9.17) is 18.6 Å². The quantitative estimate of drug-likeness (QED) is 0.316. The maximum absolute atomic E-state index is 13.2. The molecule has 2 bridgehead atoms. The Morgan fingerprint density at radius 1 is 1.05 bits per heavy atom. The van der Waals surface area contributed by atoms with Crippen molar-refractivity contribution < 1.29 is 23.4 Å². The molecule has 2 aliphatic heterocycles. The van der Waals surface area contributed by atoms with Gasteiger partial charge in [-0.1, -0.05) is 6.07 Å². The Hall–Kier alpha value is -4.39. The van der Waals surface area contributed by atoms with Crippen LogP contribution in [-0.4, -0.2) is 68.4 Å². The number of piperidine rings is 2. The van der Waals surface area contributed by atoms with Gasteiger partial charge in [0.25, 0.3) is 5.91 Å². The summed E-state index contributed by atoms with van der Waals surface area (Å²) in [6, 6.07) is 17.3. The van der Waals surface area contributed by atoms with Crippen molar-refractivity contribution in [2.75, 3.05) is 40.5 Å². The van der Waals surface area contributed by atoms with Crippen LogP contribution < -0.4 is 14.8 Å². The van der Waals surface area contributed by atoms with Gasteiger partial charge in [0.2, 0.25) is 0 Å². The van der Waals surface area contributed by atoms with E-state index in [1.165, 1.54) is 6.42 Å². The zero-order valence-electron chi connectivity index (χ0n) is 24.3. The van der Waals surface area contributed by atoms with Crippen LogP contribution in [0.25, 0.3) is 33.6 Å². The number of fused-ring (bicyclic) bond motifs is 3. The molecule has 1 N–H and O–H groups in total. The molecule has 2 aromatic carbocycles. The molecule has 1 saturated carbocycles. The van der Waals surface area contributed by atoms with Crippen LogP contribution in [0.15, 0.2) is 59.1 Å². The average molecular weight is 579 g/mol. The van der Waals surface area contributed by atoms with Crippen LogP contribution >= 0.6 is 0 Å². The number of nitriles is 1. The van der Waals surface area contributed by atoms with Crippen LogP contribution in [0.1, 0.15) is 35.2 Å². The van der Waals surface area contributed by atoms with Gasteiger partial charge in [0.15, 0.2) is 5.58 Å². The second kappa shape index (κ2) is 11.4. The largest absolute Gasteiger partial charge is 0.496 e. The van der Waals surface area contributed by atoms with Crippen LogP contribution in [-0.2, 0) is 4.74 Å². The summed E-state index contributed by atoms with van der Waals surface area (Å²) in [5.74, 6) is 2.65. The fourth-order valence-corrected chi connectivity index (χ4v) is 6.79. The van der Waals surface area contributed by atoms with Gasteiger partial charge in [-0.2, -0.15) is 5.26 Å². The zero-order valence-corrected chi connectivity index (χ0v) is 24.3. The maximum atomic E-state index is 13.2. The third-order valence-electron chi connectivity index (χ3n) is 9.03. The molecule has 3 fully saturated rings. The SMILES string of the molecule is COc1cc(C(=O)NC2[C@@H]3C[C@H]2CN(C)C3)ccc1-c1cc2nccc(-c3ccc(OC4CCOCC4)c(C#N)c3)c2o1. The molecular formula is C34H34N4O5. The number of carbonyl (C=O) groups excluding carboxylic acids is 1. The number of methoxy groups -OCH3 is 1. The van der Waals surface area contributed by atoms with Crippen molar-refractivity contribution in [1.29, 1.82) is 5.26 Å². The van der Waals surface area contributed by atoms with Gasteiger partial charge in [0.05, 0.1) is 31.5 Å². The Labute approximate surface area is 250 Å². The van der Waals surface area contributed by atoms with Crippen molar-refractivity contribution >= 4 is 17.0 Å². The summed E-state index contributed by atoms with van der Waals surface area (Å²) in [5.41, 5.74) is 4.67. The summed E-state index contributed by atoms with van der Waals surface area (Å²) in [7, 11) is 3.73. The van der Waals surface area contributed by atoms with Gasteiger partial charge >= 0.3 is 0 Å². The summed E-state index contributed by atoms with van der Waals surface area (Å²) in [5, 5.41) is 13.1. The Balaban J connectivity index is 1.15. The molecule has 0 radical (unpaired) electrons. The van der Waals surface area contributed by atoms with E-state index >= 15 is 0 Å². The fourth-order valence-electron chi connectivity index (χ4n) is 6.79. The molecule has 9 heteroatoms. The molecule has 1 amide bonds. The Kier molecular flexibility index (Phi) is 7.25. The van der Waals surface area contributed by atoms with Crippen molar-refractivity contribution in [3.05, 3.63) is 65.9 Å². The summed E-state index contributed by atoms with van der Waals surface area (Å²) in [6.07, 6.45) is 4.57. The molecule has 0 spiro atoms. The number of hydrogen-bond donors (Lipinski definition) is 1. The van der Waals surface area contributed by atoms with Crippen LogP contribution in [0, 0.1) is 23.2 Å². The van der Waals surface area contributed by atoms with Crippen molar-refractivity contribution in [2.24, 2.45) is 11.8 Å². The first-order chi connectivity index (χ1) is 21.0. The van der Waals surface area contributed by atoms with Gasteiger partial charge in [0, 0.05) is 55.4 Å². The van der Waals surface area contributed by atoms with E-state index in [0.29, 0.717) is 64.5 Å². The van der Waals surface area contributed by atoms with Crippen molar-refractivity contribution in [2.45, 2.75) is 31.4 Å². The number of carbonyl (C=O) groups is 1. The molecule has 2 saturated heterocycles. The van der Waals surface area contributed by atoms with Gasteiger partial charge in [0.1, 0.15) is 34.9 Å². The zero-order chi connectivity index (χ0) is 29.5. The van der Waals surface area contributed by atoms with Crippen molar-refractivity contribution in [1.82, 2.24) is 15.2 Å². The van der Waals surface area contributed by atoms with E-state index in [9.17, 15) is 10.1 Å². The summed E-state index contributed by atoms with van der Waals surface area (Å²) >= 11 is 0. The van der Waals surface area contributed by atoms with Crippen molar-refractivity contribution in [3.8, 4) is 40.0 Å². The molecule has 1 unspecified atom stereocenters. The third kappa shape index (κ3) is 5.22. The van der Waals surface area contributed by atoms with Crippen LogP contribution in [0.5, 0.6) is 11.5 Å². The van der Waals surface area contributed by atoms with E-state index in [-0.39, 0.29) is 18.1 Å². The highest BCUT2D eigenvalue weighted by atomic mass is 16.5. The Bertz CT molecular complexity index is 1710. The average Bonchev–Trinajstić information content (AvgIpc) is 3.48. The fraction of sp³-hybridized carbons (Fsp3) is 0.382. The normalized spacial score (nSPS) is 22.0. The van der Waals surface area contributed by atoms with Gasteiger partial charge in [-0.3, -0.25) is 9.78 Å². The highest BCUT2D eigenvalue weighted by molar-refractivity contribution is 5.97. The minimum Gasteiger partial charge on any atom is -0.496 e. The number of furan rings is 1. The van der Waals surface area contributed by atoms with Crippen LogP contribution in [0.3, 0.4) is 0 Å². The second-order valence-electron chi connectivity index (χ2n) is 11.8. The lowest BCUT2D eigenvalue weighted by atomic mass is 9.66. The highest BCUT2D eigenvalue weighted by Crippen LogP contribution is 2.41. The van der Waals surface area contributed by atoms with E-state index < -0.39 is 0 Å². The molecule has 9 nitrogen and oxygen atoms in total. The second-order valence-corrected chi connectivity index (χ2v) is 11.8. The van der Waals surface area contributed by atoms with Crippen LogP contribution in [0.4, 0.5) is 0 Å². The predicted octanol–water partition coefficient (Wildman–Crippen LogP) is 5.28. The monoisotopic (exact) mass is 578 g/mol. The molecule has 3 atom stereocenters.